The zero-order chi connectivity index (χ0) is 96.9. The Labute approximate surface area is 824 Å². The summed E-state index contributed by atoms with van der Waals surface area (Å²) in [6, 6.07) is 73.9. The van der Waals surface area contributed by atoms with Crippen LogP contribution in [0.2, 0.25) is 0 Å². The number of likely N-dealkylation sites (tertiary alicyclic amines) is 1. The van der Waals surface area contributed by atoms with E-state index < -0.39 is 0 Å². The molecule has 704 valence electrons. The van der Waals surface area contributed by atoms with E-state index in [0.717, 1.165) is 256 Å². The molecule has 2 amide bonds. The van der Waals surface area contributed by atoms with E-state index in [0.29, 0.717) is 35.5 Å². The van der Waals surface area contributed by atoms with Crippen LogP contribution >= 0.6 is 0 Å². The maximum absolute atomic E-state index is 12.4. The van der Waals surface area contributed by atoms with Gasteiger partial charge in [0.15, 0.2) is 23.3 Å². The molecule has 26 rings (SSSR count). The van der Waals surface area contributed by atoms with Crippen LogP contribution < -0.4 is 16.0 Å². The maximum Gasteiger partial charge on any atom is 0.227 e. The van der Waals surface area contributed by atoms with Crippen molar-refractivity contribution in [2.24, 2.45) is 5.92 Å². The fourth-order valence-electron chi connectivity index (χ4n) is 18.9. The van der Waals surface area contributed by atoms with Gasteiger partial charge in [0.25, 0.3) is 0 Å². The van der Waals surface area contributed by atoms with Gasteiger partial charge in [0.2, 0.25) is 11.8 Å². The van der Waals surface area contributed by atoms with Crippen LogP contribution in [0.4, 0.5) is 17.1 Å². The summed E-state index contributed by atoms with van der Waals surface area (Å²) in [6.45, 7) is 9.61. The average Bonchev–Trinajstić information content (AvgIpc) is 1.63. The van der Waals surface area contributed by atoms with Gasteiger partial charge in [-0.15, -0.1) is 0 Å². The van der Waals surface area contributed by atoms with Gasteiger partial charge in [-0.25, -0.2) is 19.9 Å². The van der Waals surface area contributed by atoms with E-state index in [2.05, 4.69) is 227 Å². The van der Waals surface area contributed by atoms with Crippen LogP contribution in [0.3, 0.4) is 0 Å². The molecule has 0 radical (unpaired) electrons. The van der Waals surface area contributed by atoms with Gasteiger partial charge < -0.3 is 35.9 Å². The summed E-state index contributed by atoms with van der Waals surface area (Å²) < 4.78 is 0. The third kappa shape index (κ3) is 18.7. The van der Waals surface area contributed by atoms with Crippen LogP contribution in [-0.4, -0.2) is 156 Å². The first kappa shape index (κ1) is 89.3. The largest absolute Gasteiger partial charge is 0.382 e. The fraction of sp³-hybridized carbons (Fsp3) is 0.140. The lowest BCUT2D eigenvalue weighted by Gasteiger charge is -2.24. The van der Waals surface area contributed by atoms with E-state index >= 15 is 0 Å². The number of hydrogen-bond donors (Lipinski definition) is 11. The number of anilines is 3. The van der Waals surface area contributed by atoms with E-state index in [-0.39, 0.29) is 17.7 Å². The van der Waals surface area contributed by atoms with Crippen LogP contribution in [-0.2, 0) is 16.1 Å². The van der Waals surface area contributed by atoms with Gasteiger partial charge in [0.1, 0.15) is 22.8 Å². The van der Waals surface area contributed by atoms with Gasteiger partial charge in [-0.3, -0.25) is 74.8 Å². The van der Waals surface area contributed by atoms with Crippen molar-refractivity contribution >= 4 is 117 Å². The van der Waals surface area contributed by atoms with Crippen molar-refractivity contribution in [1.82, 2.24) is 125 Å². The Balaban J connectivity index is 0.000000106. The standard InChI is InChI=1S/C29H23N7O.C29H25N7O.C29H25N7.C27H23N7/c37-29(18-3-1-4-18)32-21-13-20(15-31-16-21)19-7-8-24-23(14-19)27(36-35-24)28-33-25-6-2-5-22(26(25)34-28)17-9-11-30-12-10-17;1-2-3-7-26(37)32-21-14-20(16-31-17-21)19-8-9-24-23(15-19)28(36-35-24)29-33-25-6-4-5-22(27(25)34-29)18-10-12-30-13-11-18;1-2-13-36(12-1)18-19-14-22(17-31-16-19)21-6-7-25-24(15-21)28(35-34-25)29-32-26-5-3-4-23(27(26)33-29)20-8-10-30-11-9-20;1-16(2)30-20-12-19(14-29-15-20)18-6-7-23-22(13-18)26(34-33-23)27-31-24-5-3-4-21(25(24)32-27)17-8-10-28-11-9-17/h2,5-16,18H,1,3-4H2,(H,32,37)(H,33,34)(H,35,36);4-6,8-17H,2-3,7H2,1H3,(H,32,37)(H,33,34)(H,35,36);3-11,14-17H,1-2,12-13,18H2,(H,32,33)(H,34,35);3-16,30H,1-2H3,(H,31,32)(H,33,34). The molecule has 30 nitrogen and oxygen atoms in total. The molecule has 1 saturated carbocycles. The fourth-order valence-corrected chi connectivity index (χ4v) is 18.9. The topological polar surface area (TPSA) is 406 Å². The van der Waals surface area contributed by atoms with E-state index in [1.165, 1.54) is 31.5 Å². The highest BCUT2D eigenvalue weighted by atomic mass is 16.2. The van der Waals surface area contributed by atoms with E-state index in [9.17, 15) is 9.59 Å². The summed E-state index contributed by atoms with van der Waals surface area (Å²) in [5.74, 6) is 3.06. The molecule has 2 aliphatic rings. The summed E-state index contributed by atoms with van der Waals surface area (Å²) in [7, 11) is 0. The Morgan fingerprint density at radius 3 is 1.01 bits per heavy atom. The number of fused-ring (bicyclic) bond motifs is 8. The molecular weight excluding hydrogens is 1790 g/mol. The van der Waals surface area contributed by atoms with Crippen LogP contribution in [0.15, 0.2) is 318 Å². The number of pyridine rings is 8. The minimum absolute atomic E-state index is 0.00407. The second-order valence-corrected chi connectivity index (χ2v) is 36.4. The summed E-state index contributed by atoms with van der Waals surface area (Å²) in [5, 5.41) is 44.3. The van der Waals surface area contributed by atoms with Crippen molar-refractivity contribution in [1.29, 1.82) is 0 Å². The zero-order valence-electron chi connectivity index (χ0n) is 78.9. The molecule has 11 N–H and O–H groups in total. The molecular formula is C114H96N28O2. The first-order valence-electron chi connectivity index (χ1n) is 48.3. The number of aromatic amines is 8. The van der Waals surface area contributed by atoms with Crippen molar-refractivity contribution in [2.75, 3.05) is 29.0 Å². The van der Waals surface area contributed by atoms with Crippen molar-refractivity contribution in [3.63, 3.8) is 0 Å². The van der Waals surface area contributed by atoms with E-state index in [1.54, 1.807) is 68.2 Å². The number of benzene rings is 8. The predicted molar refractivity (Wildman–Crippen MR) is 568 cm³/mol. The van der Waals surface area contributed by atoms with Crippen LogP contribution in [0.5, 0.6) is 0 Å². The molecule has 16 aromatic heterocycles. The second kappa shape index (κ2) is 39.7. The second-order valence-electron chi connectivity index (χ2n) is 36.4. The van der Waals surface area contributed by atoms with Crippen molar-refractivity contribution in [2.45, 2.75) is 84.7 Å². The third-order valence-electron chi connectivity index (χ3n) is 26.4. The van der Waals surface area contributed by atoms with Gasteiger partial charge in [-0.05, 0) is 255 Å². The number of nitrogens with one attached hydrogen (secondary N) is 11. The summed E-state index contributed by atoms with van der Waals surface area (Å²) in [4.78, 5) is 94.9. The molecule has 144 heavy (non-hydrogen) atoms. The Kier molecular flexibility index (Phi) is 24.6. The number of nitrogens with zero attached hydrogens (tertiary/aromatic N) is 17. The highest BCUT2D eigenvalue weighted by molar-refractivity contribution is 6.05. The summed E-state index contributed by atoms with van der Waals surface area (Å²) >= 11 is 0. The number of para-hydroxylation sites is 4. The molecule has 24 aromatic rings. The third-order valence-corrected chi connectivity index (χ3v) is 26.4. The number of unbranched alkanes of at least 4 members (excludes halogenated alkanes) is 1. The predicted octanol–water partition coefficient (Wildman–Crippen LogP) is 24.2. The molecule has 17 heterocycles. The normalized spacial score (nSPS) is 12.7. The molecule has 0 unspecified atom stereocenters. The Bertz CT molecular complexity index is 8810. The van der Waals surface area contributed by atoms with Gasteiger partial charge in [0.05, 0.1) is 95.7 Å². The SMILES string of the molecule is CC(C)Nc1cncc(-c2ccc3[nH]nc(-c4nc5c(-c6ccncc6)cccc5[nH]4)c3c2)c1.CCCCC(=O)Nc1cncc(-c2ccc3[nH]nc(-c4nc5c(-c6ccncc6)cccc5[nH]4)c3c2)c1.O=C(Nc1cncc(-c2ccc3[nH]nc(-c4nc5c(-c6ccncc6)cccc5[nH]4)c3c2)c1)C1CCC1.c1cc(-c2ccncc2)c2nc(-c3n[nH]c4ccc(-c5cncc(CN6CCCC6)c5)cc34)[nH]c2c1. The van der Waals surface area contributed by atoms with Gasteiger partial charge in [0, 0.05) is 178 Å². The number of imidazole rings is 4. The van der Waals surface area contributed by atoms with Crippen LogP contribution in [0.25, 0.3) is 223 Å². The molecule has 1 saturated heterocycles. The monoisotopic (exact) mass is 1890 g/mol. The summed E-state index contributed by atoms with van der Waals surface area (Å²) in [6.07, 6.45) is 36.9. The highest BCUT2D eigenvalue weighted by Gasteiger charge is 2.27. The van der Waals surface area contributed by atoms with Gasteiger partial charge >= 0.3 is 0 Å². The molecule has 30 heteroatoms. The number of aromatic nitrogens is 24. The number of H-pyrrole nitrogens is 8. The molecule has 0 spiro atoms. The number of amides is 2. The highest BCUT2D eigenvalue weighted by Crippen LogP contribution is 2.42. The quantitative estimate of drug-likeness (QED) is 0.0300. The van der Waals surface area contributed by atoms with E-state index in [1.807, 2.05) is 164 Å². The minimum atomic E-state index is 0.00407. The van der Waals surface area contributed by atoms with Crippen LogP contribution in [0, 0.1) is 5.92 Å². The van der Waals surface area contributed by atoms with Crippen molar-refractivity contribution in [3.8, 4) is 135 Å². The molecule has 1 aliphatic heterocycles. The van der Waals surface area contributed by atoms with Crippen LogP contribution in [0.1, 0.15) is 77.7 Å². The lowest BCUT2D eigenvalue weighted by atomic mass is 9.85. The Morgan fingerprint density at radius 2 is 0.674 bits per heavy atom. The number of carbonyl (C=O) groups excluding carboxylic acids is 2. The van der Waals surface area contributed by atoms with Gasteiger partial charge in [-0.1, -0.05) is 92.6 Å². The smallest absolute Gasteiger partial charge is 0.227 e. The lowest BCUT2D eigenvalue weighted by Crippen LogP contribution is -2.28. The number of hydrogen-bond acceptors (Lipinski definition) is 20. The number of rotatable bonds is 22. The Hall–Kier alpha value is -18.6. The molecule has 0 bridgehead atoms. The summed E-state index contributed by atoms with van der Waals surface area (Å²) in [5.41, 5.74) is 34.5. The minimum Gasteiger partial charge on any atom is -0.382 e. The van der Waals surface area contributed by atoms with Crippen molar-refractivity contribution in [3.05, 3.63) is 323 Å². The molecule has 1 aliphatic carbocycles. The lowest BCUT2D eigenvalue weighted by molar-refractivity contribution is -0.122. The zero-order valence-corrected chi connectivity index (χ0v) is 78.9. The first-order chi connectivity index (χ1) is 70.9. The number of carbonyl (C=O) groups is 2. The van der Waals surface area contributed by atoms with E-state index in [4.69, 9.17) is 19.9 Å². The molecule has 8 aromatic carbocycles. The average molecular weight is 1890 g/mol. The van der Waals surface area contributed by atoms with Gasteiger partial charge in [-0.2, -0.15) is 20.4 Å². The first-order valence-corrected chi connectivity index (χ1v) is 48.3. The Morgan fingerprint density at radius 1 is 0.340 bits per heavy atom. The molecule has 2 fully saturated rings. The maximum atomic E-state index is 12.4. The van der Waals surface area contributed by atoms with Crippen molar-refractivity contribution < 1.29 is 9.59 Å². The molecule has 0 atom stereocenters.